The molecule has 2 heterocycles. The van der Waals surface area contributed by atoms with Crippen LogP contribution in [0.1, 0.15) is 24.0 Å². The number of carboxylic acid groups (broad SMARTS) is 1. The van der Waals surface area contributed by atoms with Gasteiger partial charge in [0.25, 0.3) is 0 Å². The average Bonchev–Trinajstić information content (AvgIpc) is 2.78. The minimum atomic E-state index is -1.61. The van der Waals surface area contributed by atoms with Crippen molar-refractivity contribution in [3.8, 4) is 11.8 Å². The van der Waals surface area contributed by atoms with E-state index in [4.69, 9.17) is 10.00 Å². The largest absolute Gasteiger partial charge is 0.494 e. The van der Waals surface area contributed by atoms with Gasteiger partial charge < -0.3 is 20.1 Å². The first-order chi connectivity index (χ1) is 15.0. The number of nitrogens with zero attached hydrogens (tertiary/aromatic N) is 3. The maximum atomic E-state index is 12.6. The fraction of sp³-hybridized carbons (Fsp3) is 0.318. The molecule has 160 valence electrons. The van der Waals surface area contributed by atoms with Gasteiger partial charge in [-0.3, -0.25) is 14.6 Å². The fourth-order valence-electron chi connectivity index (χ4n) is 3.63. The quantitative estimate of drug-likeness (QED) is 0.457. The Labute approximate surface area is 179 Å². The first-order valence-corrected chi connectivity index (χ1v) is 9.81. The SMILES string of the molecule is N#Cc1ccc(OCCCC(Cc2cccnc2)(C(=O)O)N2CCNC(=O)C2=O)cc1. The molecule has 1 fully saturated rings. The number of carboxylic acids is 1. The third-order valence-electron chi connectivity index (χ3n) is 5.18. The van der Waals surface area contributed by atoms with Crippen LogP contribution >= 0.6 is 0 Å². The Morgan fingerprint density at radius 3 is 2.71 bits per heavy atom. The molecule has 9 nitrogen and oxygen atoms in total. The molecule has 1 aliphatic heterocycles. The lowest BCUT2D eigenvalue weighted by molar-refractivity contribution is -0.165. The van der Waals surface area contributed by atoms with Crippen LogP contribution in [0, 0.1) is 11.3 Å². The number of rotatable bonds is 9. The van der Waals surface area contributed by atoms with E-state index in [1.54, 1.807) is 48.8 Å². The topological polar surface area (TPSA) is 133 Å². The van der Waals surface area contributed by atoms with Crippen molar-refractivity contribution < 1.29 is 24.2 Å². The van der Waals surface area contributed by atoms with E-state index >= 15 is 0 Å². The maximum Gasteiger partial charge on any atom is 0.329 e. The van der Waals surface area contributed by atoms with Gasteiger partial charge in [0.05, 0.1) is 18.2 Å². The van der Waals surface area contributed by atoms with Crippen LogP contribution < -0.4 is 10.1 Å². The highest BCUT2D eigenvalue weighted by atomic mass is 16.5. The number of pyridine rings is 1. The Balaban J connectivity index is 1.78. The van der Waals surface area contributed by atoms with E-state index in [1.807, 2.05) is 6.07 Å². The second kappa shape index (κ2) is 9.71. The second-order valence-electron chi connectivity index (χ2n) is 7.18. The van der Waals surface area contributed by atoms with Crippen molar-refractivity contribution in [2.24, 2.45) is 0 Å². The number of amides is 2. The molecule has 0 aliphatic carbocycles. The Morgan fingerprint density at radius 2 is 2.06 bits per heavy atom. The van der Waals surface area contributed by atoms with Gasteiger partial charge in [0.1, 0.15) is 11.3 Å². The van der Waals surface area contributed by atoms with Crippen molar-refractivity contribution >= 4 is 17.8 Å². The van der Waals surface area contributed by atoms with Gasteiger partial charge in [-0.1, -0.05) is 6.07 Å². The van der Waals surface area contributed by atoms with E-state index < -0.39 is 23.3 Å². The van der Waals surface area contributed by atoms with Gasteiger partial charge in [-0.25, -0.2) is 4.79 Å². The number of hydrogen-bond acceptors (Lipinski definition) is 6. The van der Waals surface area contributed by atoms with Crippen LogP contribution in [-0.4, -0.2) is 58.0 Å². The molecule has 1 aromatic heterocycles. The molecule has 1 atom stereocenters. The van der Waals surface area contributed by atoms with E-state index in [0.717, 1.165) is 4.90 Å². The molecule has 1 unspecified atom stereocenters. The summed E-state index contributed by atoms with van der Waals surface area (Å²) in [6.07, 6.45) is 3.58. The van der Waals surface area contributed by atoms with Crippen molar-refractivity contribution in [2.45, 2.75) is 24.8 Å². The summed E-state index contributed by atoms with van der Waals surface area (Å²) in [7, 11) is 0. The minimum Gasteiger partial charge on any atom is -0.494 e. The smallest absolute Gasteiger partial charge is 0.329 e. The zero-order valence-electron chi connectivity index (χ0n) is 16.8. The Kier molecular flexibility index (Phi) is 6.82. The zero-order chi connectivity index (χ0) is 22.3. The number of aliphatic carboxylic acids is 1. The van der Waals surface area contributed by atoms with Gasteiger partial charge >= 0.3 is 17.8 Å². The third-order valence-corrected chi connectivity index (χ3v) is 5.18. The summed E-state index contributed by atoms with van der Waals surface area (Å²) in [4.78, 5) is 42.2. The Bertz CT molecular complexity index is 987. The van der Waals surface area contributed by atoms with E-state index in [-0.39, 0.29) is 32.5 Å². The first-order valence-electron chi connectivity index (χ1n) is 9.81. The summed E-state index contributed by atoms with van der Waals surface area (Å²) in [5, 5.41) is 21.5. The highest BCUT2D eigenvalue weighted by Gasteiger charge is 2.49. The summed E-state index contributed by atoms with van der Waals surface area (Å²) < 4.78 is 5.67. The summed E-state index contributed by atoms with van der Waals surface area (Å²) in [5.41, 5.74) is -0.446. The van der Waals surface area contributed by atoms with Gasteiger partial charge in [0.2, 0.25) is 0 Å². The monoisotopic (exact) mass is 422 g/mol. The summed E-state index contributed by atoms with van der Waals surface area (Å²) in [5.74, 6) is -2.29. The van der Waals surface area contributed by atoms with Crippen LogP contribution in [0.4, 0.5) is 0 Å². The second-order valence-corrected chi connectivity index (χ2v) is 7.18. The van der Waals surface area contributed by atoms with Crippen molar-refractivity contribution in [2.75, 3.05) is 19.7 Å². The average molecular weight is 422 g/mol. The van der Waals surface area contributed by atoms with E-state index in [2.05, 4.69) is 10.3 Å². The molecule has 1 aliphatic rings. The molecule has 2 N–H and O–H groups in total. The highest BCUT2D eigenvalue weighted by molar-refractivity contribution is 6.36. The number of carbonyl (C=O) groups excluding carboxylic acids is 2. The predicted molar refractivity (Wildman–Crippen MR) is 109 cm³/mol. The molecule has 0 saturated carbocycles. The fourth-order valence-corrected chi connectivity index (χ4v) is 3.63. The number of carbonyl (C=O) groups is 3. The van der Waals surface area contributed by atoms with Gasteiger partial charge in [-0.2, -0.15) is 5.26 Å². The number of aromatic nitrogens is 1. The van der Waals surface area contributed by atoms with Crippen LogP contribution in [0.25, 0.3) is 0 Å². The number of hydrogen-bond donors (Lipinski definition) is 2. The number of piperazine rings is 1. The number of nitrogens with one attached hydrogen (secondary N) is 1. The summed E-state index contributed by atoms with van der Waals surface area (Å²) in [6, 6.07) is 12.0. The molecule has 2 amide bonds. The van der Waals surface area contributed by atoms with E-state index in [0.29, 0.717) is 23.3 Å². The maximum absolute atomic E-state index is 12.6. The van der Waals surface area contributed by atoms with E-state index in [9.17, 15) is 19.5 Å². The molecular formula is C22H22N4O5. The lowest BCUT2D eigenvalue weighted by Crippen LogP contribution is -2.65. The van der Waals surface area contributed by atoms with Crippen molar-refractivity contribution in [3.63, 3.8) is 0 Å². The molecule has 9 heteroatoms. The first kappa shape index (κ1) is 21.8. The van der Waals surface area contributed by atoms with Crippen LogP contribution in [0.3, 0.4) is 0 Å². The van der Waals surface area contributed by atoms with E-state index in [1.165, 1.54) is 0 Å². The number of benzene rings is 1. The van der Waals surface area contributed by atoms with Gasteiger partial charge in [0, 0.05) is 31.9 Å². The normalized spacial score (nSPS) is 15.5. The van der Waals surface area contributed by atoms with Gasteiger partial charge in [-0.15, -0.1) is 0 Å². The molecular weight excluding hydrogens is 400 g/mol. The molecule has 1 saturated heterocycles. The molecule has 1 aromatic carbocycles. The summed E-state index contributed by atoms with van der Waals surface area (Å²) >= 11 is 0. The number of nitriles is 1. The molecule has 0 bridgehead atoms. The molecule has 2 aromatic rings. The van der Waals surface area contributed by atoms with Gasteiger partial charge in [0.15, 0.2) is 0 Å². The van der Waals surface area contributed by atoms with Crippen LogP contribution in [0.2, 0.25) is 0 Å². The highest BCUT2D eigenvalue weighted by Crippen LogP contribution is 2.29. The molecule has 3 rings (SSSR count). The lowest BCUT2D eigenvalue weighted by atomic mass is 9.84. The van der Waals surface area contributed by atoms with Crippen molar-refractivity contribution in [3.05, 3.63) is 59.9 Å². The number of ether oxygens (including phenoxy) is 1. The van der Waals surface area contributed by atoms with Crippen LogP contribution in [0.15, 0.2) is 48.8 Å². The van der Waals surface area contributed by atoms with Crippen molar-refractivity contribution in [1.29, 1.82) is 5.26 Å². The Hall–Kier alpha value is -3.93. The van der Waals surface area contributed by atoms with Crippen LogP contribution in [-0.2, 0) is 20.8 Å². The Morgan fingerprint density at radius 1 is 1.29 bits per heavy atom. The third kappa shape index (κ3) is 4.98. The minimum absolute atomic E-state index is 0.0199. The standard InChI is InChI=1S/C22H22N4O5/c23-14-16-4-6-18(7-5-16)31-12-2-8-22(21(29)30,13-17-3-1-9-24-15-17)26-11-10-25-19(27)20(26)28/h1,3-7,9,15H,2,8,10-13H2,(H,25,27)(H,29,30). The lowest BCUT2D eigenvalue weighted by Gasteiger charge is -2.42. The molecule has 0 spiro atoms. The predicted octanol–water partition coefficient (Wildman–Crippen LogP) is 1.14. The van der Waals surface area contributed by atoms with Crippen molar-refractivity contribution in [1.82, 2.24) is 15.2 Å². The molecule has 31 heavy (non-hydrogen) atoms. The van der Waals surface area contributed by atoms with Crippen LogP contribution in [0.5, 0.6) is 5.75 Å². The van der Waals surface area contributed by atoms with Gasteiger partial charge in [-0.05, 0) is 48.7 Å². The molecule has 0 radical (unpaired) electrons. The summed E-state index contributed by atoms with van der Waals surface area (Å²) in [6.45, 7) is 0.504. The zero-order valence-corrected chi connectivity index (χ0v) is 16.8.